The summed E-state index contributed by atoms with van der Waals surface area (Å²) in [5.41, 5.74) is 4.16. The zero-order valence-corrected chi connectivity index (χ0v) is 15.5. The van der Waals surface area contributed by atoms with E-state index in [0.717, 1.165) is 38.9 Å². The number of pyridine rings is 1. The Kier molecular flexibility index (Phi) is 3.27. The number of hydrogen-bond acceptors (Lipinski definition) is 4. The quantitative estimate of drug-likeness (QED) is 0.349. The Hall–Kier alpha value is -3.64. The third-order valence-corrected chi connectivity index (χ3v) is 6.13. The van der Waals surface area contributed by atoms with E-state index >= 15 is 0 Å². The maximum absolute atomic E-state index is 4.52. The van der Waals surface area contributed by atoms with Gasteiger partial charge in [-0.15, -0.1) is 11.3 Å². The number of nitrogens with zero attached hydrogens (tertiary/aromatic N) is 2. The Morgan fingerprint density at radius 2 is 1.86 bits per heavy atom. The second-order valence-electron chi connectivity index (χ2n) is 6.73. The van der Waals surface area contributed by atoms with Gasteiger partial charge in [0.2, 0.25) is 0 Å². The third-order valence-electron chi connectivity index (χ3n) is 4.98. The van der Waals surface area contributed by atoms with E-state index in [1.807, 2.05) is 30.7 Å². The number of hydrogen-bond donors (Lipinski definition) is 3. The summed E-state index contributed by atoms with van der Waals surface area (Å²) in [6.07, 6.45) is 5.61. The van der Waals surface area contributed by atoms with Crippen molar-refractivity contribution in [2.75, 3.05) is 5.32 Å². The lowest BCUT2D eigenvalue weighted by Gasteiger charge is -2.09. The van der Waals surface area contributed by atoms with Gasteiger partial charge in [0.25, 0.3) is 0 Å². The first-order valence-corrected chi connectivity index (χ1v) is 9.82. The molecule has 0 atom stereocenters. The Labute approximate surface area is 164 Å². The normalized spacial score (nSPS) is 11.6. The van der Waals surface area contributed by atoms with Gasteiger partial charge in [-0.05, 0) is 41.8 Å². The summed E-state index contributed by atoms with van der Waals surface area (Å²) in [6.45, 7) is 0. The molecule has 0 saturated heterocycles. The Morgan fingerprint density at radius 3 is 2.82 bits per heavy atom. The number of fused-ring (bicyclic) bond motifs is 3. The van der Waals surface area contributed by atoms with Crippen LogP contribution in [0.4, 0.5) is 11.5 Å². The zero-order chi connectivity index (χ0) is 18.5. The van der Waals surface area contributed by atoms with E-state index in [4.69, 9.17) is 0 Å². The van der Waals surface area contributed by atoms with Crippen molar-refractivity contribution in [1.29, 1.82) is 0 Å². The average molecular weight is 381 g/mol. The van der Waals surface area contributed by atoms with Gasteiger partial charge in [-0.25, -0.2) is 4.98 Å². The van der Waals surface area contributed by atoms with E-state index in [2.05, 4.69) is 67.9 Å². The highest BCUT2D eigenvalue weighted by Crippen LogP contribution is 2.38. The molecule has 0 aliphatic heterocycles. The summed E-state index contributed by atoms with van der Waals surface area (Å²) in [7, 11) is 0. The molecule has 134 valence electrons. The highest BCUT2D eigenvalue weighted by Gasteiger charge is 2.13. The number of thiophene rings is 1. The summed E-state index contributed by atoms with van der Waals surface area (Å²) in [5, 5.41) is 14.3. The molecular weight excluding hydrogens is 366 g/mol. The molecule has 0 radical (unpaired) electrons. The molecule has 0 fully saturated rings. The fourth-order valence-electron chi connectivity index (χ4n) is 3.65. The highest BCUT2D eigenvalue weighted by molar-refractivity contribution is 7.22. The number of rotatable bonds is 3. The summed E-state index contributed by atoms with van der Waals surface area (Å²) in [6, 6.07) is 19.0. The molecule has 0 aliphatic carbocycles. The summed E-state index contributed by atoms with van der Waals surface area (Å²) < 4.78 is 1.28. The van der Waals surface area contributed by atoms with Crippen molar-refractivity contribution < 1.29 is 0 Å². The highest BCUT2D eigenvalue weighted by atomic mass is 32.1. The van der Waals surface area contributed by atoms with Crippen molar-refractivity contribution in [2.24, 2.45) is 0 Å². The number of aromatic nitrogens is 4. The van der Waals surface area contributed by atoms with Crippen LogP contribution in [0.3, 0.4) is 0 Å². The molecule has 4 aromatic heterocycles. The fourth-order valence-corrected chi connectivity index (χ4v) is 4.74. The monoisotopic (exact) mass is 381 g/mol. The molecule has 28 heavy (non-hydrogen) atoms. The van der Waals surface area contributed by atoms with Crippen molar-refractivity contribution >= 4 is 54.7 Å². The van der Waals surface area contributed by atoms with Crippen molar-refractivity contribution in [1.82, 2.24) is 20.2 Å². The molecule has 0 unspecified atom stereocenters. The standard InChI is InChI=1S/C22H15N5S/c1-2-4-18-14(3-1)10-19(28-18)17-11-16(9-15-12-25-27-20(15)17)26-22-21-13(5-7-23-21)6-8-24-22/h1-12,23H,(H,24,26)(H,25,27). The topological polar surface area (TPSA) is 69.4 Å². The number of nitrogens with one attached hydrogen (secondary N) is 3. The van der Waals surface area contributed by atoms with Gasteiger partial charge in [0.15, 0.2) is 5.82 Å². The Morgan fingerprint density at radius 1 is 0.893 bits per heavy atom. The smallest absolute Gasteiger partial charge is 0.154 e. The predicted molar refractivity (Wildman–Crippen MR) is 116 cm³/mol. The molecule has 0 saturated carbocycles. The van der Waals surface area contributed by atoms with Gasteiger partial charge in [-0.2, -0.15) is 5.10 Å². The molecule has 6 heteroatoms. The van der Waals surface area contributed by atoms with E-state index in [1.165, 1.54) is 15.0 Å². The molecule has 0 spiro atoms. The molecule has 4 heterocycles. The maximum Gasteiger partial charge on any atom is 0.154 e. The second-order valence-corrected chi connectivity index (χ2v) is 7.82. The van der Waals surface area contributed by atoms with Crippen molar-refractivity contribution in [3.63, 3.8) is 0 Å². The lowest BCUT2D eigenvalue weighted by atomic mass is 10.1. The van der Waals surface area contributed by atoms with Gasteiger partial charge >= 0.3 is 0 Å². The zero-order valence-electron chi connectivity index (χ0n) is 14.7. The summed E-state index contributed by atoms with van der Waals surface area (Å²) in [4.78, 5) is 8.99. The molecule has 0 amide bonds. The van der Waals surface area contributed by atoms with Crippen LogP contribution in [0.2, 0.25) is 0 Å². The van der Waals surface area contributed by atoms with Crippen LogP contribution in [-0.4, -0.2) is 20.2 Å². The first kappa shape index (κ1) is 15.4. The van der Waals surface area contributed by atoms with Gasteiger partial charge in [0.1, 0.15) is 0 Å². The van der Waals surface area contributed by atoms with Crippen LogP contribution >= 0.6 is 11.3 Å². The van der Waals surface area contributed by atoms with Crippen LogP contribution in [0.25, 0.3) is 42.3 Å². The van der Waals surface area contributed by atoms with Crippen LogP contribution in [0, 0.1) is 0 Å². The Balaban J connectivity index is 1.52. The minimum atomic E-state index is 0.813. The van der Waals surface area contributed by atoms with Gasteiger partial charge < -0.3 is 10.3 Å². The lowest BCUT2D eigenvalue weighted by molar-refractivity contribution is 1.12. The molecule has 0 aliphatic rings. The molecule has 2 aromatic carbocycles. The molecular formula is C22H15N5S. The van der Waals surface area contributed by atoms with Crippen LogP contribution in [0.15, 0.2) is 73.2 Å². The van der Waals surface area contributed by atoms with Crippen molar-refractivity contribution in [3.05, 3.63) is 73.2 Å². The van der Waals surface area contributed by atoms with E-state index in [9.17, 15) is 0 Å². The number of benzene rings is 2. The SMILES string of the molecule is c1ccc2sc(-c3cc(Nc4nccc5cc[nH]c45)cc4cn[nH]c34)cc2c1. The van der Waals surface area contributed by atoms with Crippen molar-refractivity contribution in [2.45, 2.75) is 0 Å². The van der Waals surface area contributed by atoms with E-state index in [1.54, 1.807) is 11.3 Å². The van der Waals surface area contributed by atoms with Crippen LogP contribution in [0.1, 0.15) is 0 Å². The maximum atomic E-state index is 4.52. The van der Waals surface area contributed by atoms with Crippen LogP contribution in [-0.2, 0) is 0 Å². The summed E-state index contributed by atoms with van der Waals surface area (Å²) >= 11 is 1.79. The van der Waals surface area contributed by atoms with Crippen molar-refractivity contribution in [3.8, 4) is 10.4 Å². The molecule has 6 aromatic rings. The first-order valence-electron chi connectivity index (χ1n) is 9.00. The van der Waals surface area contributed by atoms with E-state index in [0.29, 0.717) is 0 Å². The molecule has 0 bridgehead atoms. The predicted octanol–water partition coefficient (Wildman–Crippen LogP) is 6.06. The van der Waals surface area contributed by atoms with E-state index < -0.39 is 0 Å². The van der Waals surface area contributed by atoms with Crippen LogP contribution in [0.5, 0.6) is 0 Å². The molecule has 6 rings (SSSR count). The summed E-state index contributed by atoms with van der Waals surface area (Å²) in [5.74, 6) is 0.813. The first-order chi connectivity index (χ1) is 13.8. The fraction of sp³-hybridized carbons (Fsp3) is 0. The Bertz CT molecular complexity index is 1420. The average Bonchev–Trinajstić information content (AvgIpc) is 3.45. The van der Waals surface area contributed by atoms with Gasteiger partial charge in [-0.1, -0.05) is 18.2 Å². The van der Waals surface area contributed by atoms with Gasteiger partial charge in [0, 0.05) is 44.0 Å². The van der Waals surface area contributed by atoms with Crippen LogP contribution < -0.4 is 5.32 Å². The van der Waals surface area contributed by atoms with E-state index in [-0.39, 0.29) is 0 Å². The number of aromatic amines is 2. The van der Waals surface area contributed by atoms with Gasteiger partial charge in [0.05, 0.1) is 17.2 Å². The minimum Gasteiger partial charge on any atom is -0.358 e. The lowest BCUT2D eigenvalue weighted by Crippen LogP contribution is -1.95. The third kappa shape index (κ3) is 2.39. The largest absolute Gasteiger partial charge is 0.358 e. The molecule has 5 nitrogen and oxygen atoms in total. The van der Waals surface area contributed by atoms with Gasteiger partial charge in [-0.3, -0.25) is 5.10 Å². The number of H-pyrrole nitrogens is 2. The molecule has 3 N–H and O–H groups in total. The second kappa shape index (κ2) is 5.94. The number of anilines is 2. The minimum absolute atomic E-state index is 0.813.